The highest BCUT2D eigenvalue weighted by molar-refractivity contribution is 6.30. The summed E-state index contributed by atoms with van der Waals surface area (Å²) in [5, 5.41) is -0.486. The van der Waals surface area contributed by atoms with Crippen molar-refractivity contribution < 1.29 is 9.53 Å². The highest BCUT2D eigenvalue weighted by atomic mass is 35.5. The molecule has 0 fully saturated rings. The highest BCUT2D eigenvalue weighted by Crippen LogP contribution is 2.16. The second kappa shape index (κ2) is 5.42. The van der Waals surface area contributed by atoms with Crippen LogP contribution in [-0.2, 0) is 9.53 Å². The zero-order valence-corrected chi connectivity index (χ0v) is 8.02. The Morgan fingerprint density at radius 3 is 2.55 bits per heavy atom. The van der Waals surface area contributed by atoms with E-state index in [4.69, 9.17) is 11.6 Å². The summed E-state index contributed by atoms with van der Waals surface area (Å²) in [6.07, 6.45) is 2.00. The Labute approximate surface area is 72.9 Å². The number of carbonyl (C=O) groups is 1. The van der Waals surface area contributed by atoms with Crippen molar-refractivity contribution in [3.63, 3.8) is 0 Å². The van der Waals surface area contributed by atoms with Crippen LogP contribution in [0, 0.1) is 5.92 Å². The summed E-state index contributed by atoms with van der Waals surface area (Å²) < 4.78 is 4.51. The van der Waals surface area contributed by atoms with Crippen molar-refractivity contribution in [1.82, 2.24) is 0 Å². The van der Waals surface area contributed by atoms with E-state index >= 15 is 0 Å². The Hall–Kier alpha value is -0.240. The molecule has 0 amide bonds. The van der Waals surface area contributed by atoms with Crippen molar-refractivity contribution in [3.8, 4) is 0 Å². The van der Waals surface area contributed by atoms with Crippen LogP contribution in [0.15, 0.2) is 0 Å². The number of methoxy groups -OCH3 is 1. The van der Waals surface area contributed by atoms with Gasteiger partial charge < -0.3 is 4.74 Å². The third-order valence-electron chi connectivity index (χ3n) is 1.67. The van der Waals surface area contributed by atoms with E-state index in [9.17, 15) is 4.79 Å². The maximum atomic E-state index is 10.9. The topological polar surface area (TPSA) is 26.3 Å². The maximum Gasteiger partial charge on any atom is 0.324 e. The molecule has 0 rings (SSSR count). The molecule has 0 radical (unpaired) electrons. The number of rotatable bonds is 4. The molecule has 0 spiro atoms. The first-order valence-corrected chi connectivity index (χ1v) is 4.29. The van der Waals surface area contributed by atoms with E-state index in [-0.39, 0.29) is 11.9 Å². The van der Waals surface area contributed by atoms with Crippen LogP contribution < -0.4 is 0 Å². The fourth-order valence-electron chi connectivity index (χ4n) is 0.947. The first-order valence-electron chi connectivity index (χ1n) is 3.85. The van der Waals surface area contributed by atoms with Gasteiger partial charge in [0, 0.05) is 0 Å². The normalized spacial score (nSPS) is 15.6. The van der Waals surface area contributed by atoms with Crippen molar-refractivity contribution in [3.05, 3.63) is 0 Å². The number of ether oxygens (including phenoxy) is 1. The molecule has 2 nitrogen and oxygen atoms in total. The number of carbonyl (C=O) groups excluding carboxylic acids is 1. The van der Waals surface area contributed by atoms with E-state index in [0.717, 1.165) is 12.8 Å². The van der Waals surface area contributed by atoms with Gasteiger partial charge in [0.15, 0.2) is 0 Å². The first-order chi connectivity index (χ1) is 5.13. The quantitative estimate of drug-likeness (QED) is 0.488. The van der Waals surface area contributed by atoms with Gasteiger partial charge in [-0.15, -0.1) is 11.6 Å². The van der Waals surface area contributed by atoms with Gasteiger partial charge >= 0.3 is 5.97 Å². The van der Waals surface area contributed by atoms with Crippen LogP contribution in [0.3, 0.4) is 0 Å². The van der Waals surface area contributed by atoms with Crippen molar-refractivity contribution in [1.29, 1.82) is 0 Å². The van der Waals surface area contributed by atoms with Crippen molar-refractivity contribution in [2.24, 2.45) is 5.92 Å². The zero-order valence-electron chi connectivity index (χ0n) is 7.26. The number of halogens is 1. The number of esters is 1. The third-order valence-corrected chi connectivity index (χ3v) is 2.28. The Morgan fingerprint density at radius 2 is 2.18 bits per heavy atom. The standard InChI is InChI=1S/C8H15ClO2/c1-4-5-6(2)7(9)8(10)11-3/h6-7H,4-5H2,1-3H3. The molecule has 0 aliphatic heterocycles. The van der Waals surface area contributed by atoms with Crippen LogP contribution in [0.2, 0.25) is 0 Å². The van der Waals surface area contributed by atoms with E-state index in [0.29, 0.717) is 0 Å². The van der Waals surface area contributed by atoms with E-state index in [2.05, 4.69) is 11.7 Å². The molecule has 0 N–H and O–H groups in total. The molecular formula is C8H15ClO2. The molecule has 0 aliphatic rings. The fourth-order valence-corrected chi connectivity index (χ4v) is 1.16. The van der Waals surface area contributed by atoms with Gasteiger partial charge in [0.1, 0.15) is 5.38 Å². The molecule has 66 valence electrons. The molecule has 0 bridgehead atoms. The van der Waals surface area contributed by atoms with Crippen LogP contribution in [0.25, 0.3) is 0 Å². The molecular weight excluding hydrogens is 164 g/mol. The van der Waals surface area contributed by atoms with Crippen LogP contribution in [-0.4, -0.2) is 18.5 Å². The molecule has 0 saturated carbocycles. The van der Waals surface area contributed by atoms with Gasteiger partial charge in [0.25, 0.3) is 0 Å². The van der Waals surface area contributed by atoms with Crippen molar-refractivity contribution in [2.75, 3.05) is 7.11 Å². The van der Waals surface area contributed by atoms with Gasteiger partial charge in [-0.2, -0.15) is 0 Å². The summed E-state index contributed by atoms with van der Waals surface area (Å²) in [6, 6.07) is 0. The lowest BCUT2D eigenvalue weighted by molar-refractivity contribution is -0.141. The summed E-state index contributed by atoms with van der Waals surface area (Å²) in [4.78, 5) is 10.9. The van der Waals surface area contributed by atoms with E-state index < -0.39 is 5.38 Å². The van der Waals surface area contributed by atoms with Gasteiger partial charge in [-0.1, -0.05) is 20.3 Å². The van der Waals surface area contributed by atoms with Crippen LogP contribution >= 0.6 is 11.6 Å². The Morgan fingerprint density at radius 1 is 1.64 bits per heavy atom. The minimum atomic E-state index is -0.486. The largest absolute Gasteiger partial charge is 0.468 e. The molecule has 0 aromatic carbocycles. The van der Waals surface area contributed by atoms with Gasteiger partial charge in [0.05, 0.1) is 7.11 Å². The third kappa shape index (κ3) is 3.61. The lowest BCUT2D eigenvalue weighted by Crippen LogP contribution is -2.23. The molecule has 0 aromatic heterocycles. The summed E-state index contributed by atoms with van der Waals surface area (Å²) >= 11 is 5.79. The van der Waals surface area contributed by atoms with Crippen molar-refractivity contribution in [2.45, 2.75) is 32.1 Å². The lowest BCUT2D eigenvalue weighted by Gasteiger charge is -2.14. The average Bonchev–Trinajstić information content (AvgIpc) is 2.02. The average molecular weight is 179 g/mol. The first kappa shape index (κ1) is 10.8. The summed E-state index contributed by atoms with van der Waals surface area (Å²) in [5.74, 6) is -0.123. The second-order valence-corrected chi connectivity index (χ2v) is 3.16. The second-order valence-electron chi connectivity index (χ2n) is 2.69. The molecule has 0 heterocycles. The predicted octanol–water partition coefficient (Wildman–Crippen LogP) is 2.20. The molecule has 0 aliphatic carbocycles. The SMILES string of the molecule is CCCC(C)C(Cl)C(=O)OC. The molecule has 2 atom stereocenters. The van der Waals surface area contributed by atoms with E-state index in [1.165, 1.54) is 7.11 Å². The Balaban J connectivity index is 3.80. The van der Waals surface area contributed by atoms with Gasteiger partial charge in [-0.05, 0) is 12.3 Å². The maximum absolute atomic E-state index is 10.9. The van der Waals surface area contributed by atoms with E-state index in [1.807, 2.05) is 6.92 Å². The smallest absolute Gasteiger partial charge is 0.324 e. The molecule has 0 saturated heterocycles. The van der Waals surface area contributed by atoms with E-state index in [1.54, 1.807) is 0 Å². The minimum absolute atomic E-state index is 0.203. The van der Waals surface area contributed by atoms with Gasteiger partial charge in [-0.3, -0.25) is 4.79 Å². The summed E-state index contributed by atoms with van der Waals surface area (Å²) in [7, 11) is 1.36. The molecule has 2 unspecified atom stereocenters. The summed E-state index contributed by atoms with van der Waals surface area (Å²) in [5.41, 5.74) is 0. The number of hydrogen-bond donors (Lipinski definition) is 0. The Bertz CT molecular complexity index is 125. The van der Waals surface area contributed by atoms with Crippen LogP contribution in [0.5, 0.6) is 0 Å². The number of hydrogen-bond acceptors (Lipinski definition) is 2. The van der Waals surface area contributed by atoms with Gasteiger partial charge in [-0.25, -0.2) is 0 Å². The summed E-state index contributed by atoms with van der Waals surface area (Å²) in [6.45, 7) is 4.02. The molecule has 11 heavy (non-hydrogen) atoms. The van der Waals surface area contributed by atoms with Crippen LogP contribution in [0.1, 0.15) is 26.7 Å². The number of alkyl halides is 1. The van der Waals surface area contributed by atoms with Crippen molar-refractivity contribution >= 4 is 17.6 Å². The molecule has 3 heteroatoms. The minimum Gasteiger partial charge on any atom is -0.468 e. The molecule has 0 aromatic rings. The fraction of sp³-hybridized carbons (Fsp3) is 0.875. The zero-order chi connectivity index (χ0) is 8.85. The van der Waals surface area contributed by atoms with Crippen LogP contribution in [0.4, 0.5) is 0 Å². The monoisotopic (exact) mass is 178 g/mol. The predicted molar refractivity (Wildman–Crippen MR) is 45.7 cm³/mol. The highest BCUT2D eigenvalue weighted by Gasteiger charge is 2.21. The Kier molecular flexibility index (Phi) is 5.30. The van der Waals surface area contributed by atoms with Gasteiger partial charge in [0.2, 0.25) is 0 Å². The lowest BCUT2D eigenvalue weighted by atomic mass is 10.0.